The van der Waals surface area contributed by atoms with E-state index in [9.17, 15) is 5.11 Å². The van der Waals surface area contributed by atoms with Crippen LogP contribution in [0.3, 0.4) is 0 Å². The highest BCUT2D eigenvalue weighted by Gasteiger charge is 2.41. The molecule has 0 amide bonds. The molecule has 0 bridgehead atoms. The fourth-order valence-corrected chi connectivity index (χ4v) is 2.46. The summed E-state index contributed by atoms with van der Waals surface area (Å²) in [6.07, 6.45) is 3.44. The maximum atomic E-state index is 9.27. The van der Waals surface area contributed by atoms with Crippen LogP contribution in [0.1, 0.15) is 49.3 Å². The van der Waals surface area contributed by atoms with Crippen molar-refractivity contribution < 1.29 is 5.11 Å². The highest BCUT2D eigenvalue weighted by atomic mass is 16.3. The number of aliphatic hydroxyl groups is 1. The number of aryl methyl sites for hydroxylation is 1. The van der Waals surface area contributed by atoms with Gasteiger partial charge >= 0.3 is 0 Å². The van der Waals surface area contributed by atoms with Gasteiger partial charge in [0.05, 0.1) is 0 Å². The molecule has 2 nitrogen and oxygen atoms in total. The minimum atomic E-state index is 0.217. The normalized spacial score (nSPS) is 16.9. The SMILES string of the molecule is Cc1ccc(C(C)C)cc1CCNCC1(CO)CC1. The number of benzene rings is 1. The van der Waals surface area contributed by atoms with E-state index in [-0.39, 0.29) is 5.41 Å². The molecule has 0 spiro atoms. The van der Waals surface area contributed by atoms with Gasteiger partial charge in [0, 0.05) is 18.6 Å². The number of nitrogens with one attached hydrogen (secondary N) is 1. The first-order valence-corrected chi connectivity index (χ1v) is 7.47. The molecular weight excluding hydrogens is 234 g/mol. The van der Waals surface area contributed by atoms with E-state index in [1.54, 1.807) is 0 Å². The van der Waals surface area contributed by atoms with Gasteiger partial charge in [-0.25, -0.2) is 0 Å². The Labute approximate surface area is 117 Å². The minimum absolute atomic E-state index is 0.217. The van der Waals surface area contributed by atoms with Gasteiger partial charge in [0.15, 0.2) is 0 Å². The summed E-state index contributed by atoms with van der Waals surface area (Å²) in [6.45, 7) is 8.98. The van der Waals surface area contributed by atoms with Gasteiger partial charge in [0.2, 0.25) is 0 Å². The lowest BCUT2D eigenvalue weighted by atomic mass is 9.96. The lowest BCUT2D eigenvalue weighted by Gasteiger charge is -2.14. The van der Waals surface area contributed by atoms with E-state index in [1.807, 2.05) is 0 Å². The summed E-state index contributed by atoms with van der Waals surface area (Å²) >= 11 is 0. The molecule has 1 aromatic rings. The summed E-state index contributed by atoms with van der Waals surface area (Å²) < 4.78 is 0. The summed E-state index contributed by atoms with van der Waals surface area (Å²) in [5.41, 5.74) is 4.48. The third-order valence-electron chi connectivity index (χ3n) is 4.40. The first-order valence-electron chi connectivity index (χ1n) is 7.47. The lowest BCUT2D eigenvalue weighted by Crippen LogP contribution is -2.28. The lowest BCUT2D eigenvalue weighted by molar-refractivity contribution is 0.208. The Kier molecular flexibility index (Phi) is 4.64. The van der Waals surface area contributed by atoms with Crippen molar-refractivity contribution in [1.29, 1.82) is 0 Å². The van der Waals surface area contributed by atoms with Crippen LogP contribution in [0.2, 0.25) is 0 Å². The Balaban J connectivity index is 1.83. The molecule has 0 saturated heterocycles. The van der Waals surface area contributed by atoms with Gasteiger partial charge in [-0.2, -0.15) is 0 Å². The van der Waals surface area contributed by atoms with Gasteiger partial charge in [0.25, 0.3) is 0 Å². The molecular formula is C17H27NO. The van der Waals surface area contributed by atoms with E-state index in [1.165, 1.54) is 29.5 Å². The van der Waals surface area contributed by atoms with Crippen molar-refractivity contribution in [1.82, 2.24) is 5.32 Å². The van der Waals surface area contributed by atoms with Gasteiger partial charge in [0.1, 0.15) is 0 Å². The zero-order valence-corrected chi connectivity index (χ0v) is 12.5. The predicted molar refractivity (Wildman–Crippen MR) is 80.6 cm³/mol. The maximum Gasteiger partial charge on any atom is 0.0499 e. The van der Waals surface area contributed by atoms with Crippen molar-refractivity contribution in [2.24, 2.45) is 5.41 Å². The van der Waals surface area contributed by atoms with Crippen LogP contribution in [0.4, 0.5) is 0 Å². The van der Waals surface area contributed by atoms with Crippen LogP contribution in [0, 0.1) is 12.3 Å². The van der Waals surface area contributed by atoms with Crippen molar-refractivity contribution in [2.75, 3.05) is 19.7 Å². The second-order valence-corrected chi connectivity index (χ2v) is 6.43. The molecule has 0 radical (unpaired) electrons. The monoisotopic (exact) mass is 261 g/mol. The number of hydrogen-bond donors (Lipinski definition) is 2. The molecule has 2 rings (SSSR count). The first-order chi connectivity index (χ1) is 9.06. The minimum Gasteiger partial charge on any atom is -0.396 e. The fraction of sp³-hybridized carbons (Fsp3) is 0.647. The zero-order valence-electron chi connectivity index (χ0n) is 12.5. The van der Waals surface area contributed by atoms with Gasteiger partial charge < -0.3 is 10.4 Å². The highest BCUT2D eigenvalue weighted by molar-refractivity contribution is 5.32. The van der Waals surface area contributed by atoms with Crippen molar-refractivity contribution in [3.63, 3.8) is 0 Å². The van der Waals surface area contributed by atoms with E-state index in [0.717, 1.165) is 19.5 Å². The Morgan fingerprint density at radius 2 is 2.05 bits per heavy atom. The molecule has 2 N–H and O–H groups in total. The Bertz CT molecular complexity index is 421. The Hall–Kier alpha value is -0.860. The summed E-state index contributed by atoms with van der Waals surface area (Å²) in [4.78, 5) is 0. The predicted octanol–water partition coefficient (Wildman–Crippen LogP) is 3.02. The van der Waals surface area contributed by atoms with Crippen molar-refractivity contribution >= 4 is 0 Å². The Morgan fingerprint density at radius 1 is 1.32 bits per heavy atom. The topological polar surface area (TPSA) is 32.3 Å². The van der Waals surface area contributed by atoms with Gasteiger partial charge in [-0.3, -0.25) is 0 Å². The largest absolute Gasteiger partial charge is 0.396 e. The molecule has 0 aromatic heterocycles. The molecule has 0 unspecified atom stereocenters. The number of rotatable bonds is 7. The summed E-state index contributed by atoms with van der Waals surface area (Å²) in [6, 6.07) is 6.82. The van der Waals surface area contributed by atoms with E-state index in [0.29, 0.717) is 12.5 Å². The molecule has 1 aliphatic rings. The summed E-state index contributed by atoms with van der Waals surface area (Å²) in [5, 5.41) is 12.8. The third kappa shape index (κ3) is 3.80. The molecule has 1 saturated carbocycles. The molecule has 1 fully saturated rings. The second-order valence-electron chi connectivity index (χ2n) is 6.43. The van der Waals surface area contributed by atoms with Crippen molar-refractivity contribution in [3.05, 3.63) is 34.9 Å². The van der Waals surface area contributed by atoms with Crippen LogP contribution >= 0.6 is 0 Å². The summed E-state index contributed by atoms with van der Waals surface area (Å²) in [5.74, 6) is 0.594. The molecule has 0 aliphatic heterocycles. The molecule has 0 heterocycles. The van der Waals surface area contributed by atoms with Gasteiger partial charge in [-0.1, -0.05) is 32.0 Å². The number of aliphatic hydroxyl groups excluding tert-OH is 1. The fourth-order valence-electron chi connectivity index (χ4n) is 2.46. The van der Waals surface area contributed by atoms with Gasteiger partial charge in [-0.15, -0.1) is 0 Å². The molecule has 106 valence electrons. The smallest absolute Gasteiger partial charge is 0.0499 e. The molecule has 1 aromatic carbocycles. The zero-order chi connectivity index (χ0) is 13.9. The standard InChI is InChI=1S/C17H27NO/c1-13(2)15-5-4-14(3)16(10-15)6-9-18-11-17(12-19)7-8-17/h4-5,10,13,18-19H,6-9,11-12H2,1-3H3. The van der Waals surface area contributed by atoms with E-state index in [4.69, 9.17) is 0 Å². The van der Waals surface area contributed by atoms with Gasteiger partial charge in [-0.05, 0) is 55.3 Å². The van der Waals surface area contributed by atoms with E-state index in [2.05, 4.69) is 44.3 Å². The van der Waals surface area contributed by atoms with Crippen molar-refractivity contribution in [3.8, 4) is 0 Å². The first kappa shape index (κ1) is 14.5. The van der Waals surface area contributed by atoms with E-state index < -0.39 is 0 Å². The van der Waals surface area contributed by atoms with Crippen LogP contribution in [-0.2, 0) is 6.42 Å². The maximum absolute atomic E-state index is 9.27. The average Bonchev–Trinajstić information content (AvgIpc) is 3.17. The van der Waals surface area contributed by atoms with Crippen LogP contribution in [0.25, 0.3) is 0 Å². The number of hydrogen-bond acceptors (Lipinski definition) is 2. The van der Waals surface area contributed by atoms with E-state index >= 15 is 0 Å². The highest BCUT2D eigenvalue weighted by Crippen LogP contribution is 2.44. The summed E-state index contributed by atoms with van der Waals surface area (Å²) in [7, 11) is 0. The van der Waals surface area contributed by atoms with Crippen molar-refractivity contribution in [2.45, 2.75) is 46.0 Å². The quantitative estimate of drug-likeness (QED) is 0.740. The molecule has 1 aliphatic carbocycles. The Morgan fingerprint density at radius 3 is 2.63 bits per heavy atom. The van der Waals surface area contributed by atoms with Crippen LogP contribution in [0.15, 0.2) is 18.2 Å². The van der Waals surface area contributed by atoms with Crippen LogP contribution < -0.4 is 5.32 Å². The average molecular weight is 261 g/mol. The van der Waals surface area contributed by atoms with Crippen LogP contribution in [-0.4, -0.2) is 24.8 Å². The molecule has 19 heavy (non-hydrogen) atoms. The van der Waals surface area contributed by atoms with Crippen LogP contribution in [0.5, 0.6) is 0 Å². The molecule has 0 atom stereocenters. The second kappa shape index (κ2) is 6.06. The molecule has 2 heteroatoms. The third-order valence-corrected chi connectivity index (χ3v) is 4.40.